The minimum Gasteiger partial charge on any atom is -0.383 e. The zero-order valence-corrected chi connectivity index (χ0v) is 11.5. The highest BCUT2D eigenvalue weighted by Gasteiger charge is 2.19. The third-order valence-corrected chi connectivity index (χ3v) is 4.26. The molecule has 0 aliphatic carbocycles. The number of hydrogen-bond acceptors (Lipinski definition) is 2. The van der Waals surface area contributed by atoms with Crippen molar-refractivity contribution in [3.05, 3.63) is 28.2 Å². The number of benzene rings is 1. The van der Waals surface area contributed by atoms with Gasteiger partial charge in [0.15, 0.2) is 0 Å². The van der Waals surface area contributed by atoms with Crippen molar-refractivity contribution in [1.29, 1.82) is 0 Å². The van der Waals surface area contributed by atoms with Crippen molar-refractivity contribution in [2.45, 2.75) is 25.8 Å². The molecule has 1 unspecified atom stereocenters. The van der Waals surface area contributed by atoms with E-state index < -0.39 is 0 Å². The van der Waals surface area contributed by atoms with Crippen LogP contribution in [0.25, 0.3) is 0 Å². The summed E-state index contributed by atoms with van der Waals surface area (Å²) in [5, 5.41) is 3.52. The first-order valence-corrected chi connectivity index (χ1v) is 6.66. The molecule has 1 fully saturated rings. The van der Waals surface area contributed by atoms with Gasteiger partial charge in [-0.15, -0.1) is 0 Å². The molecule has 0 saturated carbocycles. The second-order valence-corrected chi connectivity index (χ2v) is 5.48. The molecule has 1 aliphatic rings. The fourth-order valence-electron chi connectivity index (χ4n) is 2.23. The van der Waals surface area contributed by atoms with Crippen molar-refractivity contribution in [2.24, 2.45) is 0 Å². The van der Waals surface area contributed by atoms with Crippen LogP contribution < -0.4 is 5.32 Å². The lowest BCUT2D eigenvalue weighted by Gasteiger charge is -2.20. The molecule has 0 bridgehead atoms. The molecule has 1 aromatic carbocycles. The van der Waals surface area contributed by atoms with Crippen molar-refractivity contribution >= 4 is 21.6 Å². The average molecular weight is 283 g/mol. The van der Waals surface area contributed by atoms with Crippen molar-refractivity contribution in [1.82, 2.24) is 4.90 Å². The van der Waals surface area contributed by atoms with E-state index in [4.69, 9.17) is 0 Å². The van der Waals surface area contributed by atoms with E-state index in [0.29, 0.717) is 6.04 Å². The van der Waals surface area contributed by atoms with Crippen LogP contribution in [0.2, 0.25) is 0 Å². The molecule has 0 aromatic heterocycles. The minimum absolute atomic E-state index is 0.698. The van der Waals surface area contributed by atoms with E-state index in [2.05, 4.69) is 58.3 Å². The number of nitrogens with zero attached hydrogens (tertiary/aromatic N) is 1. The smallest absolute Gasteiger partial charge is 0.0344 e. The molecular formula is C13H19BrN2. The summed E-state index contributed by atoms with van der Waals surface area (Å²) >= 11 is 3.52. The third kappa shape index (κ3) is 2.77. The third-order valence-electron chi connectivity index (χ3n) is 3.37. The predicted octanol–water partition coefficient (Wildman–Crippen LogP) is 3.26. The van der Waals surface area contributed by atoms with Crippen molar-refractivity contribution in [3.8, 4) is 0 Å². The monoisotopic (exact) mass is 282 g/mol. The quantitative estimate of drug-likeness (QED) is 0.916. The Morgan fingerprint density at radius 2 is 2.31 bits per heavy atom. The Kier molecular flexibility index (Phi) is 3.87. The van der Waals surface area contributed by atoms with Crippen molar-refractivity contribution in [2.75, 3.05) is 25.5 Å². The minimum atomic E-state index is 0.698. The highest BCUT2D eigenvalue weighted by atomic mass is 79.9. The first-order chi connectivity index (χ1) is 7.66. The molecule has 88 valence electrons. The summed E-state index contributed by atoms with van der Waals surface area (Å²) in [6.45, 7) is 4.42. The molecule has 1 saturated heterocycles. The van der Waals surface area contributed by atoms with E-state index in [1.165, 1.54) is 35.1 Å². The summed E-state index contributed by atoms with van der Waals surface area (Å²) in [4.78, 5) is 2.44. The summed E-state index contributed by atoms with van der Waals surface area (Å²) in [5.74, 6) is 0. The highest BCUT2D eigenvalue weighted by molar-refractivity contribution is 9.10. The van der Waals surface area contributed by atoms with Gasteiger partial charge in [0, 0.05) is 22.7 Å². The van der Waals surface area contributed by atoms with Gasteiger partial charge in [-0.2, -0.15) is 0 Å². The van der Waals surface area contributed by atoms with Gasteiger partial charge in [-0.1, -0.05) is 15.9 Å². The number of rotatable bonds is 3. The molecule has 1 aliphatic heterocycles. The largest absolute Gasteiger partial charge is 0.383 e. The Hall–Kier alpha value is -0.540. The van der Waals surface area contributed by atoms with E-state index in [1.807, 2.05) is 0 Å². The molecular weight excluding hydrogens is 264 g/mol. The zero-order chi connectivity index (χ0) is 11.5. The van der Waals surface area contributed by atoms with E-state index in [9.17, 15) is 0 Å². The number of halogens is 1. The van der Waals surface area contributed by atoms with Crippen LogP contribution >= 0.6 is 15.9 Å². The SMILES string of the molecule is Cc1cc(NCC2CCCN2C)ccc1Br. The first kappa shape index (κ1) is 11.9. The summed E-state index contributed by atoms with van der Waals surface area (Å²) in [6.07, 6.45) is 2.65. The van der Waals surface area contributed by atoms with Gasteiger partial charge in [-0.3, -0.25) is 0 Å². The molecule has 0 radical (unpaired) electrons. The summed E-state index contributed by atoms with van der Waals surface area (Å²) in [7, 11) is 2.21. The topological polar surface area (TPSA) is 15.3 Å². The second kappa shape index (κ2) is 5.19. The van der Waals surface area contributed by atoms with E-state index in [0.717, 1.165) is 6.54 Å². The Morgan fingerprint density at radius 1 is 1.50 bits per heavy atom. The Bertz CT molecular complexity index is 365. The highest BCUT2D eigenvalue weighted by Crippen LogP contribution is 2.21. The molecule has 16 heavy (non-hydrogen) atoms. The van der Waals surface area contributed by atoms with Gasteiger partial charge in [0.2, 0.25) is 0 Å². The normalized spacial score (nSPS) is 21.3. The van der Waals surface area contributed by atoms with Gasteiger partial charge in [-0.05, 0) is 57.1 Å². The first-order valence-electron chi connectivity index (χ1n) is 5.87. The molecule has 0 spiro atoms. The Labute approximate surface area is 106 Å². The summed E-state index contributed by atoms with van der Waals surface area (Å²) < 4.78 is 1.18. The van der Waals surface area contributed by atoms with Crippen molar-refractivity contribution < 1.29 is 0 Å². The molecule has 1 N–H and O–H groups in total. The van der Waals surface area contributed by atoms with Gasteiger partial charge in [-0.25, -0.2) is 0 Å². The van der Waals surface area contributed by atoms with Gasteiger partial charge >= 0.3 is 0 Å². The molecule has 1 aromatic rings. The molecule has 0 amide bonds. The number of nitrogens with one attached hydrogen (secondary N) is 1. The van der Waals surface area contributed by atoms with E-state index in [1.54, 1.807) is 0 Å². The molecule has 1 heterocycles. The number of likely N-dealkylation sites (tertiary alicyclic amines) is 1. The fourth-order valence-corrected chi connectivity index (χ4v) is 2.47. The van der Waals surface area contributed by atoms with E-state index in [-0.39, 0.29) is 0 Å². The Morgan fingerprint density at radius 3 is 2.94 bits per heavy atom. The standard InChI is InChI=1S/C13H19BrN2/c1-10-8-11(5-6-13(10)14)15-9-12-4-3-7-16(12)2/h5-6,8,12,15H,3-4,7,9H2,1-2H3. The lowest BCUT2D eigenvalue weighted by Crippen LogP contribution is -2.31. The van der Waals surface area contributed by atoms with Crippen molar-refractivity contribution in [3.63, 3.8) is 0 Å². The summed E-state index contributed by atoms with van der Waals surface area (Å²) in [5.41, 5.74) is 2.51. The van der Waals surface area contributed by atoms with Crippen LogP contribution in [0, 0.1) is 6.92 Å². The van der Waals surface area contributed by atoms with Gasteiger partial charge in [0.25, 0.3) is 0 Å². The molecule has 1 atom stereocenters. The van der Waals surface area contributed by atoms with Crippen LogP contribution in [0.1, 0.15) is 18.4 Å². The van der Waals surface area contributed by atoms with Crippen LogP contribution in [0.5, 0.6) is 0 Å². The maximum Gasteiger partial charge on any atom is 0.0344 e. The Balaban J connectivity index is 1.91. The predicted molar refractivity (Wildman–Crippen MR) is 73.0 cm³/mol. The van der Waals surface area contributed by atoms with Crippen LogP contribution in [-0.2, 0) is 0 Å². The number of aryl methyl sites for hydroxylation is 1. The maximum atomic E-state index is 3.52. The van der Waals surface area contributed by atoms with Crippen LogP contribution in [0.4, 0.5) is 5.69 Å². The van der Waals surface area contributed by atoms with Gasteiger partial charge in [0.05, 0.1) is 0 Å². The average Bonchev–Trinajstić information content (AvgIpc) is 2.66. The molecule has 3 heteroatoms. The number of likely N-dealkylation sites (N-methyl/N-ethyl adjacent to an activating group) is 1. The zero-order valence-electron chi connectivity index (χ0n) is 9.96. The van der Waals surface area contributed by atoms with Crippen LogP contribution in [-0.4, -0.2) is 31.1 Å². The van der Waals surface area contributed by atoms with Crippen LogP contribution in [0.15, 0.2) is 22.7 Å². The fraction of sp³-hybridized carbons (Fsp3) is 0.538. The number of anilines is 1. The molecule has 2 rings (SSSR count). The van der Waals surface area contributed by atoms with Crippen LogP contribution in [0.3, 0.4) is 0 Å². The van der Waals surface area contributed by atoms with E-state index >= 15 is 0 Å². The molecule has 2 nitrogen and oxygen atoms in total. The lowest BCUT2D eigenvalue weighted by molar-refractivity contribution is 0.322. The maximum absolute atomic E-state index is 3.52. The lowest BCUT2D eigenvalue weighted by atomic mass is 10.2. The second-order valence-electron chi connectivity index (χ2n) is 4.62. The summed E-state index contributed by atoms with van der Waals surface area (Å²) in [6, 6.07) is 7.13. The van der Waals surface area contributed by atoms with Gasteiger partial charge in [0.1, 0.15) is 0 Å². The number of hydrogen-bond donors (Lipinski definition) is 1. The van der Waals surface area contributed by atoms with Gasteiger partial charge < -0.3 is 10.2 Å².